The van der Waals surface area contributed by atoms with E-state index >= 15 is 0 Å². The van der Waals surface area contributed by atoms with Gasteiger partial charge in [0.15, 0.2) is 12.4 Å². The summed E-state index contributed by atoms with van der Waals surface area (Å²) in [6.07, 6.45) is -4.81. The van der Waals surface area contributed by atoms with Crippen LogP contribution < -0.4 is 11.4 Å². The molecule has 1 aliphatic rings. The predicted octanol–water partition coefficient (Wildman–Crippen LogP) is -2.21. The molecule has 9 heteroatoms. The average molecular weight is 275 g/mol. The van der Waals surface area contributed by atoms with Crippen LogP contribution in [0.2, 0.25) is 0 Å². The van der Waals surface area contributed by atoms with Crippen LogP contribution in [-0.2, 0) is 16.0 Å². The molecule has 0 spiro atoms. The van der Waals surface area contributed by atoms with Crippen LogP contribution in [0.5, 0.6) is 0 Å². The van der Waals surface area contributed by atoms with Crippen molar-refractivity contribution in [1.82, 2.24) is 9.55 Å². The number of primary amides is 1. The molecule has 2 rings (SSSR count). The predicted molar refractivity (Wildman–Crippen MR) is 59.8 cm³/mol. The minimum atomic E-state index is -1.85. The Bertz CT molecular complexity index is 527. The van der Waals surface area contributed by atoms with Gasteiger partial charge in [-0.1, -0.05) is 0 Å². The first-order chi connectivity index (χ1) is 8.93. The van der Waals surface area contributed by atoms with E-state index in [-0.39, 0.29) is 12.1 Å². The van der Waals surface area contributed by atoms with Gasteiger partial charge in [0.25, 0.3) is 0 Å². The third-order valence-electron chi connectivity index (χ3n) is 2.91. The minimum absolute atomic E-state index is 0.197. The highest BCUT2D eigenvalue weighted by molar-refractivity contribution is 5.75. The van der Waals surface area contributed by atoms with E-state index < -0.39 is 42.8 Å². The lowest BCUT2D eigenvalue weighted by Crippen LogP contribution is -2.31. The van der Waals surface area contributed by atoms with Crippen molar-refractivity contribution in [2.75, 3.05) is 6.61 Å². The summed E-state index contributed by atoms with van der Waals surface area (Å²) in [7, 11) is 0. The number of aliphatic hydroxyl groups is 2. The summed E-state index contributed by atoms with van der Waals surface area (Å²) in [5.74, 6) is -0.647. The molecule has 106 valence electrons. The maximum Gasteiger partial charge on any atom is 0.327 e. The topological polar surface area (TPSA) is 131 Å². The first-order valence-electron chi connectivity index (χ1n) is 5.61. The Kier molecular flexibility index (Phi) is 3.69. The van der Waals surface area contributed by atoms with E-state index in [2.05, 4.69) is 4.98 Å². The van der Waals surface area contributed by atoms with Gasteiger partial charge in [-0.2, -0.15) is 0 Å². The van der Waals surface area contributed by atoms with Crippen LogP contribution in [0.15, 0.2) is 11.0 Å². The summed E-state index contributed by atoms with van der Waals surface area (Å²) in [6.45, 7) is -0.564. The Labute approximate surface area is 106 Å². The molecule has 8 nitrogen and oxygen atoms in total. The number of alkyl halides is 1. The summed E-state index contributed by atoms with van der Waals surface area (Å²) in [5, 5.41) is 18.4. The van der Waals surface area contributed by atoms with Gasteiger partial charge in [0.2, 0.25) is 5.91 Å². The third-order valence-corrected chi connectivity index (χ3v) is 2.91. The van der Waals surface area contributed by atoms with Gasteiger partial charge < -0.3 is 25.7 Å². The molecule has 1 amide bonds. The lowest BCUT2D eigenvalue weighted by atomic mass is 10.1. The highest BCUT2D eigenvalue weighted by Crippen LogP contribution is 2.30. The number of hydrogen-bond acceptors (Lipinski definition) is 5. The van der Waals surface area contributed by atoms with Gasteiger partial charge in [0.05, 0.1) is 13.0 Å². The van der Waals surface area contributed by atoms with E-state index in [4.69, 9.17) is 15.6 Å². The van der Waals surface area contributed by atoms with Crippen molar-refractivity contribution in [3.05, 3.63) is 22.4 Å². The van der Waals surface area contributed by atoms with Gasteiger partial charge in [0, 0.05) is 11.9 Å². The zero-order chi connectivity index (χ0) is 14.2. The summed E-state index contributed by atoms with van der Waals surface area (Å²) < 4.78 is 19.8. The standard InChI is InChI=1S/C10H14FN3O5/c11-7-8(17)5(3-15)19-9(7)14-2-4(1-6(12)16)13-10(14)18/h2,5,7-9,15,17H,1,3H2,(H2,12,16)(H,13,18)/t5-,7-,8-,9-/m1/s1. The van der Waals surface area contributed by atoms with E-state index in [1.165, 1.54) is 6.20 Å². The van der Waals surface area contributed by atoms with Gasteiger partial charge in [0.1, 0.15) is 12.2 Å². The van der Waals surface area contributed by atoms with Crippen LogP contribution >= 0.6 is 0 Å². The number of carbonyl (C=O) groups is 1. The van der Waals surface area contributed by atoms with Crippen molar-refractivity contribution in [3.8, 4) is 0 Å². The van der Waals surface area contributed by atoms with E-state index in [1.807, 2.05) is 0 Å². The normalized spacial score (nSPS) is 30.7. The fourth-order valence-electron chi connectivity index (χ4n) is 2.01. The minimum Gasteiger partial charge on any atom is -0.394 e. The number of H-pyrrole nitrogens is 1. The number of nitrogens with one attached hydrogen (secondary N) is 1. The van der Waals surface area contributed by atoms with Crippen LogP contribution in [0, 0.1) is 0 Å². The second-order valence-corrected chi connectivity index (χ2v) is 4.32. The van der Waals surface area contributed by atoms with Gasteiger partial charge in [-0.05, 0) is 0 Å². The number of carbonyl (C=O) groups excluding carboxylic acids is 1. The zero-order valence-corrected chi connectivity index (χ0v) is 9.82. The Balaban J connectivity index is 2.25. The van der Waals surface area contributed by atoms with Crippen molar-refractivity contribution >= 4 is 5.91 Å². The van der Waals surface area contributed by atoms with Crippen molar-refractivity contribution in [2.24, 2.45) is 5.73 Å². The van der Waals surface area contributed by atoms with Gasteiger partial charge in [-0.25, -0.2) is 9.18 Å². The average Bonchev–Trinajstić information content (AvgIpc) is 2.81. The number of aliphatic hydroxyl groups excluding tert-OH is 2. The first kappa shape index (κ1) is 13.7. The van der Waals surface area contributed by atoms with Gasteiger partial charge in [-0.3, -0.25) is 9.36 Å². The molecule has 1 saturated heterocycles. The molecule has 0 unspecified atom stereocenters. The Hall–Kier alpha value is -1.71. The van der Waals surface area contributed by atoms with Gasteiger partial charge >= 0.3 is 5.69 Å². The summed E-state index contributed by atoms with van der Waals surface area (Å²) in [4.78, 5) is 24.7. The SMILES string of the molecule is NC(=O)Cc1cn([C@@H]2O[C@H](CO)[C@@H](O)[C@H]2F)c(=O)[nH]1. The summed E-state index contributed by atoms with van der Waals surface area (Å²) >= 11 is 0. The lowest BCUT2D eigenvalue weighted by Gasteiger charge is -2.13. The molecule has 0 bridgehead atoms. The van der Waals surface area contributed by atoms with Crippen LogP contribution in [0.3, 0.4) is 0 Å². The van der Waals surface area contributed by atoms with Crippen molar-refractivity contribution < 1.29 is 24.1 Å². The van der Waals surface area contributed by atoms with Crippen LogP contribution in [-0.4, -0.2) is 50.7 Å². The quantitative estimate of drug-likeness (QED) is 0.495. The largest absolute Gasteiger partial charge is 0.394 e. The van der Waals surface area contributed by atoms with Crippen LogP contribution in [0.4, 0.5) is 4.39 Å². The fourth-order valence-corrected chi connectivity index (χ4v) is 2.01. The molecule has 2 heterocycles. The maximum absolute atomic E-state index is 13.8. The second kappa shape index (κ2) is 5.11. The summed E-state index contributed by atoms with van der Waals surface area (Å²) in [5.41, 5.74) is 4.51. The molecular formula is C10H14FN3O5. The van der Waals surface area contributed by atoms with E-state index in [9.17, 15) is 19.1 Å². The molecule has 5 N–H and O–H groups in total. The molecule has 4 atom stereocenters. The van der Waals surface area contributed by atoms with Gasteiger partial charge in [-0.15, -0.1) is 0 Å². The number of aromatic amines is 1. The van der Waals surface area contributed by atoms with Crippen LogP contribution in [0.25, 0.3) is 0 Å². The Morgan fingerprint density at radius 2 is 2.32 bits per heavy atom. The highest BCUT2D eigenvalue weighted by Gasteiger charge is 2.45. The number of amides is 1. The smallest absolute Gasteiger partial charge is 0.327 e. The Morgan fingerprint density at radius 3 is 2.84 bits per heavy atom. The molecule has 0 aliphatic carbocycles. The van der Waals surface area contributed by atoms with Crippen molar-refractivity contribution in [3.63, 3.8) is 0 Å². The van der Waals surface area contributed by atoms with Crippen LogP contribution in [0.1, 0.15) is 11.9 Å². The molecule has 0 radical (unpaired) electrons. The number of ether oxygens (including phenoxy) is 1. The molecule has 0 aromatic carbocycles. The van der Waals surface area contributed by atoms with E-state index in [0.29, 0.717) is 0 Å². The third kappa shape index (κ3) is 2.53. The monoisotopic (exact) mass is 275 g/mol. The molecule has 1 fully saturated rings. The number of hydrogen-bond donors (Lipinski definition) is 4. The second-order valence-electron chi connectivity index (χ2n) is 4.32. The molecule has 1 aromatic rings. The van der Waals surface area contributed by atoms with E-state index in [0.717, 1.165) is 4.57 Å². The number of halogens is 1. The van der Waals surface area contributed by atoms with Crippen molar-refractivity contribution in [2.45, 2.75) is 31.0 Å². The first-order valence-corrected chi connectivity index (χ1v) is 5.61. The Morgan fingerprint density at radius 1 is 1.63 bits per heavy atom. The molecule has 1 aliphatic heterocycles. The zero-order valence-electron chi connectivity index (χ0n) is 9.82. The highest BCUT2D eigenvalue weighted by atomic mass is 19.1. The molecular weight excluding hydrogens is 261 g/mol. The number of aromatic nitrogens is 2. The molecule has 19 heavy (non-hydrogen) atoms. The number of nitrogens with two attached hydrogens (primary N) is 1. The molecule has 1 aromatic heterocycles. The summed E-state index contributed by atoms with van der Waals surface area (Å²) in [6, 6.07) is 0. The lowest BCUT2D eigenvalue weighted by molar-refractivity contribution is -0.117. The van der Waals surface area contributed by atoms with E-state index in [1.54, 1.807) is 0 Å². The molecule has 0 saturated carbocycles. The maximum atomic E-state index is 13.8. The number of nitrogens with zero attached hydrogens (tertiary/aromatic N) is 1. The number of imidazole rings is 1. The fraction of sp³-hybridized carbons (Fsp3) is 0.600. The van der Waals surface area contributed by atoms with Crippen molar-refractivity contribution in [1.29, 1.82) is 0 Å². The number of rotatable bonds is 4.